The van der Waals surface area contributed by atoms with Gasteiger partial charge in [-0.3, -0.25) is 9.69 Å². The van der Waals surface area contributed by atoms with E-state index in [2.05, 4.69) is 58.6 Å². The number of carbonyl (C=O) groups excluding carboxylic acids is 1. The molecule has 16 nitrogen and oxygen atoms in total. The summed E-state index contributed by atoms with van der Waals surface area (Å²) in [4.78, 5) is 45.6. The fourth-order valence-electron chi connectivity index (χ4n) is 6.71. The van der Waals surface area contributed by atoms with Crippen molar-refractivity contribution in [1.82, 2.24) is 45.0 Å². The lowest BCUT2D eigenvalue weighted by Crippen LogP contribution is -2.44. The van der Waals surface area contributed by atoms with E-state index >= 15 is 0 Å². The first-order valence-electron chi connectivity index (χ1n) is 18.5. The summed E-state index contributed by atoms with van der Waals surface area (Å²) in [5.41, 5.74) is 2.51. The zero-order valence-corrected chi connectivity index (χ0v) is 31.2. The molecule has 6 heterocycles. The van der Waals surface area contributed by atoms with Crippen LogP contribution in [-0.2, 0) is 11.3 Å². The number of piperidine rings is 1. The zero-order valence-electron chi connectivity index (χ0n) is 31.2. The van der Waals surface area contributed by atoms with Crippen LogP contribution in [0, 0.1) is 22.7 Å². The monoisotopic (exact) mass is 719 g/mol. The normalized spacial score (nSPS) is 17.0. The molecule has 0 unspecified atom stereocenters. The van der Waals surface area contributed by atoms with Gasteiger partial charge in [-0.1, -0.05) is 6.42 Å². The van der Waals surface area contributed by atoms with Crippen molar-refractivity contribution in [3.05, 3.63) is 35.4 Å². The van der Waals surface area contributed by atoms with Crippen molar-refractivity contribution in [1.29, 1.82) is 10.5 Å². The summed E-state index contributed by atoms with van der Waals surface area (Å²) in [6.45, 7) is 11.9. The highest BCUT2D eigenvalue weighted by molar-refractivity contribution is 5.92. The minimum absolute atomic E-state index is 0.0203. The van der Waals surface area contributed by atoms with Crippen LogP contribution in [0.1, 0.15) is 76.9 Å². The molecule has 6 rings (SSSR count). The molecular formula is C37H49N15O. The number of hydrogen-bond donors (Lipinski definition) is 5. The number of nitrogens with zero attached hydrogens (tertiary/aromatic N) is 10. The van der Waals surface area contributed by atoms with Crippen molar-refractivity contribution in [2.75, 3.05) is 61.0 Å². The quantitative estimate of drug-likeness (QED) is 0.141. The molecule has 2 saturated heterocycles. The largest absolute Gasteiger partial charge is 0.366 e. The van der Waals surface area contributed by atoms with Crippen LogP contribution in [0.25, 0.3) is 21.8 Å². The van der Waals surface area contributed by atoms with Crippen molar-refractivity contribution >= 4 is 51.2 Å². The molecule has 278 valence electrons. The Morgan fingerprint density at radius 2 is 1.55 bits per heavy atom. The summed E-state index contributed by atoms with van der Waals surface area (Å²) >= 11 is 0. The van der Waals surface area contributed by atoms with Crippen LogP contribution in [0.5, 0.6) is 0 Å². The first-order chi connectivity index (χ1) is 25.6. The zero-order chi connectivity index (χ0) is 37.5. The SMILES string of the molecule is CC(C)Nc1nc(C#N)cc2cnc(NC3CCN(CC(=O)N(C)Cc4nc(N[C@@H]5CCCCNC5)nc5c(NC(C)C)nc(C#N)cc45)CC3)nc12. The standard InChI is InChI=1S/C37H49N15O/c1-22(2)42-34-32-24(14-27(16-38)44-34)18-41-36(49-32)46-25-9-12-52(13-10-25)21-31(53)51(5)20-30-29-15-28(17-39)45-35(43-23(3)4)33(29)50-37(48-30)47-26-8-6-7-11-40-19-26/h14-15,18,22-23,25-26,40H,6-13,19-21H2,1-5H3,(H,42,44)(H,43,45)(H,41,46,49)(H,47,48,50)/t26-/m1/s1. The van der Waals surface area contributed by atoms with E-state index < -0.39 is 0 Å². The smallest absolute Gasteiger partial charge is 0.236 e. The van der Waals surface area contributed by atoms with Gasteiger partial charge in [-0.25, -0.2) is 29.9 Å². The van der Waals surface area contributed by atoms with E-state index in [0.717, 1.165) is 63.7 Å². The number of likely N-dealkylation sites (N-methyl/N-ethyl adjacent to an activating group) is 1. The molecule has 0 spiro atoms. The maximum absolute atomic E-state index is 13.7. The highest BCUT2D eigenvalue weighted by Crippen LogP contribution is 2.28. The molecule has 0 aliphatic carbocycles. The molecule has 2 fully saturated rings. The number of fused-ring (bicyclic) bond motifs is 2. The molecule has 0 radical (unpaired) electrons. The number of pyridine rings is 2. The number of amides is 1. The molecule has 0 saturated carbocycles. The predicted octanol–water partition coefficient (Wildman–Crippen LogP) is 3.84. The minimum atomic E-state index is -0.0203. The van der Waals surface area contributed by atoms with Gasteiger partial charge in [0.05, 0.1) is 18.8 Å². The highest BCUT2D eigenvalue weighted by atomic mass is 16.2. The van der Waals surface area contributed by atoms with Crippen molar-refractivity contribution in [3.63, 3.8) is 0 Å². The molecule has 1 atom stereocenters. The van der Waals surface area contributed by atoms with Gasteiger partial charge in [-0.2, -0.15) is 10.5 Å². The number of nitriles is 2. The lowest BCUT2D eigenvalue weighted by Gasteiger charge is -2.33. The van der Waals surface area contributed by atoms with Crippen molar-refractivity contribution in [2.45, 2.75) is 90.5 Å². The van der Waals surface area contributed by atoms with Gasteiger partial charge >= 0.3 is 0 Å². The maximum atomic E-state index is 13.7. The molecular weight excluding hydrogens is 671 g/mol. The topological polar surface area (TPSA) is 209 Å². The molecule has 2 aliphatic heterocycles. The minimum Gasteiger partial charge on any atom is -0.366 e. The first kappa shape index (κ1) is 37.3. The Morgan fingerprint density at radius 1 is 0.887 bits per heavy atom. The lowest BCUT2D eigenvalue weighted by molar-refractivity contribution is -0.131. The van der Waals surface area contributed by atoms with Gasteiger partial charge < -0.3 is 31.5 Å². The van der Waals surface area contributed by atoms with Crippen LogP contribution in [-0.4, -0.2) is 110 Å². The third-order valence-electron chi connectivity index (χ3n) is 9.38. The Hall–Kier alpha value is -5.45. The van der Waals surface area contributed by atoms with Gasteiger partial charge in [0.25, 0.3) is 0 Å². The lowest BCUT2D eigenvalue weighted by atomic mass is 10.1. The first-order valence-corrected chi connectivity index (χ1v) is 18.5. The number of rotatable bonds is 12. The van der Waals surface area contributed by atoms with Crippen LogP contribution in [0.2, 0.25) is 0 Å². The fraction of sp³-hybridized carbons (Fsp3) is 0.541. The average Bonchev–Trinajstić information content (AvgIpc) is 3.40. The molecule has 16 heteroatoms. The molecule has 53 heavy (non-hydrogen) atoms. The van der Waals surface area contributed by atoms with Gasteiger partial charge in [0, 0.05) is 67.8 Å². The molecule has 1 amide bonds. The van der Waals surface area contributed by atoms with E-state index in [1.54, 1.807) is 30.3 Å². The Bertz CT molecular complexity index is 2000. The van der Waals surface area contributed by atoms with Crippen LogP contribution in [0.4, 0.5) is 23.5 Å². The second-order valence-electron chi connectivity index (χ2n) is 14.5. The summed E-state index contributed by atoms with van der Waals surface area (Å²) < 4.78 is 0. The molecule has 5 N–H and O–H groups in total. The Kier molecular flexibility index (Phi) is 11.9. The van der Waals surface area contributed by atoms with E-state index in [9.17, 15) is 15.3 Å². The average molecular weight is 720 g/mol. The summed E-state index contributed by atoms with van der Waals surface area (Å²) in [5, 5.41) is 37.8. The number of carbonyl (C=O) groups is 1. The Labute approximate surface area is 310 Å². The summed E-state index contributed by atoms with van der Waals surface area (Å²) in [6, 6.07) is 8.19. The number of hydrogen-bond acceptors (Lipinski definition) is 15. The molecule has 4 aromatic heterocycles. The van der Waals surface area contributed by atoms with Crippen LogP contribution in [0.15, 0.2) is 18.3 Å². The van der Waals surface area contributed by atoms with Crippen LogP contribution < -0.4 is 26.6 Å². The second kappa shape index (κ2) is 16.9. The van der Waals surface area contributed by atoms with Gasteiger partial charge in [0.2, 0.25) is 17.8 Å². The second-order valence-corrected chi connectivity index (χ2v) is 14.5. The fourth-order valence-corrected chi connectivity index (χ4v) is 6.71. The van der Waals surface area contributed by atoms with Gasteiger partial charge in [0.1, 0.15) is 34.6 Å². The molecule has 0 aromatic carbocycles. The third-order valence-corrected chi connectivity index (χ3v) is 9.38. The predicted molar refractivity (Wildman–Crippen MR) is 205 cm³/mol. The number of anilines is 4. The van der Waals surface area contributed by atoms with E-state index in [4.69, 9.17) is 15.0 Å². The van der Waals surface area contributed by atoms with Crippen LogP contribution >= 0.6 is 0 Å². The molecule has 0 bridgehead atoms. The van der Waals surface area contributed by atoms with E-state index in [-0.39, 0.29) is 48.9 Å². The van der Waals surface area contributed by atoms with E-state index in [1.807, 2.05) is 27.7 Å². The third kappa shape index (κ3) is 9.51. The highest BCUT2D eigenvalue weighted by Gasteiger charge is 2.25. The van der Waals surface area contributed by atoms with E-state index in [1.165, 1.54) is 0 Å². The van der Waals surface area contributed by atoms with Gasteiger partial charge in [0.15, 0.2) is 11.6 Å². The molecule has 4 aromatic rings. The summed E-state index contributed by atoms with van der Waals surface area (Å²) in [5.74, 6) is 2.06. The van der Waals surface area contributed by atoms with Crippen molar-refractivity contribution in [3.8, 4) is 12.1 Å². The maximum Gasteiger partial charge on any atom is 0.236 e. The number of likely N-dealkylation sites (tertiary alicyclic amines) is 1. The Morgan fingerprint density at radius 3 is 2.25 bits per heavy atom. The summed E-state index contributed by atoms with van der Waals surface area (Å²) in [7, 11) is 1.79. The number of nitrogens with one attached hydrogen (secondary N) is 5. The molecule has 2 aliphatic rings. The van der Waals surface area contributed by atoms with Crippen molar-refractivity contribution in [2.24, 2.45) is 0 Å². The van der Waals surface area contributed by atoms with Crippen LogP contribution in [0.3, 0.4) is 0 Å². The van der Waals surface area contributed by atoms with E-state index in [0.29, 0.717) is 51.3 Å². The number of aromatic nitrogens is 6. The van der Waals surface area contributed by atoms with Gasteiger partial charge in [-0.05, 0) is 72.1 Å². The van der Waals surface area contributed by atoms with Gasteiger partial charge in [-0.15, -0.1) is 0 Å². The summed E-state index contributed by atoms with van der Waals surface area (Å²) in [6.07, 6.45) is 6.60. The Balaban J connectivity index is 1.12. The van der Waals surface area contributed by atoms with Crippen molar-refractivity contribution < 1.29 is 4.79 Å².